The Labute approximate surface area is 164 Å². The quantitative estimate of drug-likeness (QED) is 0.735. The van der Waals surface area contributed by atoms with E-state index in [1.807, 2.05) is 30.3 Å². The summed E-state index contributed by atoms with van der Waals surface area (Å²) in [6.45, 7) is 5.12. The minimum absolute atomic E-state index is 0.0833. The molecule has 1 fully saturated rings. The summed E-state index contributed by atoms with van der Waals surface area (Å²) in [5.41, 5.74) is 0.167. The SMILES string of the molecule is CCC1OC(CC)C1COc1ccccc1.O=C(O)c1ccc(C(=O)O)cc1. The molecule has 6 heteroatoms. The molecular weight excluding hydrogens is 360 g/mol. The molecule has 0 amide bonds. The van der Waals surface area contributed by atoms with E-state index in [9.17, 15) is 9.59 Å². The summed E-state index contributed by atoms with van der Waals surface area (Å²) in [6, 6.07) is 15.0. The maximum atomic E-state index is 10.3. The smallest absolute Gasteiger partial charge is 0.335 e. The van der Waals surface area contributed by atoms with Crippen LogP contribution in [0.5, 0.6) is 5.75 Å². The van der Waals surface area contributed by atoms with Gasteiger partial charge in [-0.1, -0.05) is 32.0 Å². The topological polar surface area (TPSA) is 93.1 Å². The van der Waals surface area contributed by atoms with Crippen LogP contribution in [0.15, 0.2) is 54.6 Å². The summed E-state index contributed by atoms with van der Waals surface area (Å²) in [5.74, 6) is -0.604. The summed E-state index contributed by atoms with van der Waals surface area (Å²) in [5, 5.41) is 16.9. The van der Waals surface area contributed by atoms with Gasteiger partial charge in [-0.3, -0.25) is 0 Å². The minimum atomic E-state index is -1.06. The molecule has 1 heterocycles. The number of carboxylic acids is 2. The fraction of sp³-hybridized carbons (Fsp3) is 0.364. The Kier molecular flexibility index (Phi) is 8.02. The van der Waals surface area contributed by atoms with Crippen molar-refractivity contribution in [1.29, 1.82) is 0 Å². The molecule has 2 N–H and O–H groups in total. The van der Waals surface area contributed by atoms with Crippen molar-refractivity contribution in [2.24, 2.45) is 5.92 Å². The third kappa shape index (κ3) is 5.82. The summed E-state index contributed by atoms with van der Waals surface area (Å²) in [6.07, 6.45) is 2.96. The van der Waals surface area contributed by atoms with Gasteiger partial charge in [0, 0.05) is 5.92 Å². The summed E-state index contributed by atoms with van der Waals surface area (Å²) in [4.78, 5) is 20.7. The molecule has 0 spiro atoms. The van der Waals surface area contributed by atoms with Crippen molar-refractivity contribution >= 4 is 11.9 Å². The fourth-order valence-electron chi connectivity index (χ4n) is 3.05. The Morgan fingerprint density at radius 1 is 0.857 bits per heavy atom. The van der Waals surface area contributed by atoms with Gasteiger partial charge in [0.1, 0.15) is 5.75 Å². The maximum absolute atomic E-state index is 10.3. The molecule has 1 saturated heterocycles. The molecule has 0 bridgehead atoms. The zero-order chi connectivity index (χ0) is 20.5. The first kappa shape index (κ1) is 21.4. The van der Waals surface area contributed by atoms with Crippen molar-refractivity contribution in [3.63, 3.8) is 0 Å². The van der Waals surface area contributed by atoms with Crippen LogP contribution in [0.25, 0.3) is 0 Å². The third-order valence-corrected chi connectivity index (χ3v) is 4.67. The average Bonchev–Trinajstić information content (AvgIpc) is 2.69. The first-order valence-corrected chi connectivity index (χ1v) is 9.36. The number of aromatic carboxylic acids is 2. The normalized spacial score (nSPS) is 20.3. The lowest BCUT2D eigenvalue weighted by Crippen LogP contribution is -2.50. The van der Waals surface area contributed by atoms with Crippen LogP contribution < -0.4 is 4.74 Å². The average molecular weight is 386 g/mol. The summed E-state index contributed by atoms with van der Waals surface area (Å²) >= 11 is 0. The van der Waals surface area contributed by atoms with Gasteiger partial charge in [0.2, 0.25) is 0 Å². The van der Waals surface area contributed by atoms with Crippen LogP contribution in [-0.2, 0) is 4.74 Å². The van der Waals surface area contributed by atoms with Crippen LogP contribution in [0.2, 0.25) is 0 Å². The number of carboxylic acid groups (broad SMARTS) is 2. The first-order valence-electron chi connectivity index (χ1n) is 9.36. The molecule has 28 heavy (non-hydrogen) atoms. The van der Waals surface area contributed by atoms with Crippen molar-refractivity contribution in [2.75, 3.05) is 6.61 Å². The Morgan fingerprint density at radius 3 is 1.71 bits per heavy atom. The second kappa shape index (κ2) is 10.5. The molecule has 1 aliphatic heterocycles. The summed E-state index contributed by atoms with van der Waals surface area (Å²) < 4.78 is 11.6. The highest BCUT2D eigenvalue weighted by Crippen LogP contribution is 2.33. The first-order chi connectivity index (χ1) is 13.5. The van der Waals surface area contributed by atoms with Crippen LogP contribution in [0.1, 0.15) is 47.4 Å². The second-order valence-electron chi connectivity index (χ2n) is 6.51. The molecule has 1 aliphatic rings. The lowest BCUT2D eigenvalue weighted by Gasteiger charge is -2.44. The number of para-hydroxylation sites is 1. The van der Waals surface area contributed by atoms with Gasteiger partial charge < -0.3 is 19.7 Å². The van der Waals surface area contributed by atoms with E-state index in [0.717, 1.165) is 25.2 Å². The van der Waals surface area contributed by atoms with E-state index in [2.05, 4.69) is 13.8 Å². The molecule has 150 valence electrons. The molecule has 2 aromatic carbocycles. The van der Waals surface area contributed by atoms with Gasteiger partial charge in [-0.25, -0.2) is 9.59 Å². The van der Waals surface area contributed by atoms with E-state index >= 15 is 0 Å². The highest BCUT2D eigenvalue weighted by Gasteiger charge is 2.40. The van der Waals surface area contributed by atoms with Crippen LogP contribution in [0, 0.1) is 5.92 Å². The number of rotatable bonds is 7. The lowest BCUT2D eigenvalue weighted by atomic mass is 9.87. The van der Waals surface area contributed by atoms with Crippen molar-refractivity contribution < 1.29 is 29.3 Å². The fourth-order valence-corrected chi connectivity index (χ4v) is 3.05. The lowest BCUT2D eigenvalue weighted by molar-refractivity contribution is -0.194. The number of benzene rings is 2. The van der Waals surface area contributed by atoms with Gasteiger partial charge >= 0.3 is 11.9 Å². The van der Waals surface area contributed by atoms with Gasteiger partial charge in [-0.15, -0.1) is 0 Å². The molecule has 0 radical (unpaired) electrons. The second-order valence-corrected chi connectivity index (χ2v) is 6.51. The minimum Gasteiger partial charge on any atom is -0.493 e. The summed E-state index contributed by atoms with van der Waals surface area (Å²) in [7, 11) is 0. The van der Waals surface area contributed by atoms with Crippen LogP contribution in [0.3, 0.4) is 0 Å². The van der Waals surface area contributed by atoms with E-state index in [4.69, 9.17) is 19.7 Å². The van der Waals surface area contributed by atoms with Crippen molar-refractivity contribution in [1.82, 2.24) is 0 Å². The number of carbonyl (C=O) groups is 2. The van der Waals surface area contributed by atoms with Gasteiger partial charge in [0.15, 0.2) is 0 Å². The van der Waals surface area contributed by atoms with E-state index in [1.54, 1.807) is 0 Å². The van der Waals surface area contributed by atoms with Gasteiger partial charge in [0.05, 0.1) is 29.9 Å². The molecule has 6 nitrogen and oxygen atoms in total. The van der Waals surface area contributed by atoms with Gasteiger partial charge in [-0.05, 0) is 49.2 Å². The van der Waals surface area contributed by atoms with Crippen LogP contribution in [-0.4, -0.2) is 41.0 Å². The van der Waals surface area contributed by atoms with Crippen molar-refractivity contribution in [3.8, 4) is 5.75 Å². The third-order valence-electron chi connectivity index (χ3n) is 4.67. The Bertz CT molecular complexity index is 713. The van der Waals surface area contributed by atoms with Crippen molar-refractivity contribution in [2.45, 2.75) is 38.9 Å². The Hall–Kier alpha value is -2.86. The Balaban J connectivity index is 0.000000209. The van der Waals surface area contributed by atoms with Gasteiger partial charge in [0.25, 0.3) is 0 Å². The zero-order valence-corrected chi connectivity index (χ0v) is 16.1. The molecule has 0 saturated carbocycles. The largest absolute Gasteiger partial charge is 0.493 e. The van der Waals surface area contributed by atoms with Gasteiger partial charge in [-0.2, -0.15) is 0 Å². The van der Waals surface area contributed by atoms with Crippen LogP contribution in [0.4, 0.5) is 0 Å². The highest BCUT2D eigenvalue weighted by atomic mass is 16.5. The number of ether oxygens (including phenoxy) is 2. The predicted octanol–water partition coefficient (Wildman–Crippen LogP) is 4.35. The standard InChI is InChI=1S/C14H20O2.C8H6O4/c1-3-13-12(14(4-2)16-13)10-15-11-8-6-5-7-9-11;9-7(10)5-1-2-6(4-3-5)8(11)12/h5-9,12-14H,3-4,10H2,1-2H3;1-4H,(H,9,10)(H,11,12). The van der Waals surface area contributed by atoms with E-state index in [-0.39, 0.29) is 11.1 Å². The molecule has 0 aromatic heterocycles. The monoisotopic (exact) mass is 386 g/mol. The number of hydrogen-bond donors (Lipinski definition) is 2. The highest BCUT2D eigenvalue weighted by molar-refractivity contribution is 5.91. The molecular formula is C22H26O6. The van der Waals surface area contributed by atoms with E-state index in [0.29, 0.717) is 18.1 Å². The molecule has 3 rings (SSSR count). The van der Waals surface area contributed by atoms with Crippen LogP contribution >= 0.6 is 0 Å². The van der Waals surface area contributed by atoms with Crippen molar-refractivity contribution in [3.05, 3.63) is 65.7 Å². The van der Waals surface area contributed by atoms with E-state index < -0.39 is 11.9 Å². The zero-order valence-electron chi connectivity index (χ0n) is 16.1. The predicted molar refractivity (Wildman–Crippen MR) is 105 cm³/mol. The van der Waals surface area contributed by atoms with E-state index in [1.165, 1.54) is 24.3 Å². The Morgan fingerprint density at radius 2 is 1.32 bits per heavy atom. The molecule has 0 aliphatic carbocycles. The molecule has 2 aromatic rings. The number of hydrogen-bond acceptors (Lipinski definition) is 4. The maximum Gasteiger partial charge on any atom is 0.335 e. The molecule has 2 unspecified atom stereocenters. The molecule has 2 atom stereocenters.